The smallest absolute Gasteiger partial charge is 0.250 e. The van der Waals surface area contributed by atoms with Gasteiger partial charge in [0, 0.05) is 31.4 Å². The molecule has 232 valence electrons. The molecule has 4 aromatic rings. The standard InChI is InChI=1S/C34H33ClFN5O4/c1-21-13-16-40(29(33(37)44)19-24-7-4-6-23-5-2-3-8-26(23)24)34(45)32(25-9-10-28(36)27(35)18-25)41(21)31(43)20-39-30(42)17-22-11-14-38-15-12-22/h2-12,14-15,18,21,29,32H,13,16-17,19-20H2,1H3,(H2,37,44)(H,39,42)/t21-,29-,32+/m1/s1. The molecule has 5 rings (SSSR count). The molecule has 3 atom stereocenters. The number of pyridine rings is 1. The number of fused-ring (bicyclic) bond motifs is 1. The van der Waals surface area contributed by atoms with Crippen LogP contribution in [0, 0.1) is 5.82 Å². The number of nitrogens with two attached hydrogens (primary N) is 1. The van der Waals surface area contributed by atoms with Crippen molar-refractivity contribution in [2.24, 2.45) is 5.73 Å². The van der Waals surface area contributed by atoms with Crippen molar-refractivity contribution in [2.45, 2.75) is 44.3 Å². The lowest BCUT2D eigenvalue weighted by Gasteiger charge is -2.36. The summed E-state index contributed by atoms with van der Waals surface area (Å²) in [6.45, 7) is 1.56. The molecule has 1 aliphatic heterocycles. The monoisotopic (exact) mass is 629 g/mol. The molecule has 3 aromatic carbocycles. The Bertz CT molecular complexity index is 1730. The van der Waals surface area contributed by atoms with Crippen molar-refractivity contribution in [3.63, 3.8) is 0 Å². The number of carbonyl (C=O) groups excluding carboxylic acids is 4. The summed E-state index contributed by atoms with van der Waals surface area (Å²) in [5, 5.41) is 4.34. The number of hydrogen-bond acceptors (Lipinski definition) is 5. The fourth-order valence-corrected chi connectivity index (χ4v) is 6.04. The van der Waals surface area contributed by atoms with Crippen LogP contribution in [-0.2, 0) is 32.0 Å². The molecule has 1 saturated heterocycles. The first-order valence-electron chi connectivity index (χ1n) is 14.6. The van der Waals surface area contributed by atoms with Crippen LogP contribution in [0.4, 0.5) is 4.39 Å². The van der Waals surface area contributed by atoms with Gasteiger partial charge in [0.2, 0.25) is 17.7 Å². The van der Waals surface area contributed by atoms with Crippen molar-refractivity contribution in [1.29, 1.82) is 0 Å². The Kier molecular flexibility index (Phi) is 9.73. The highest BCUT2D eigenvalue weighted by Gasteiger charge is 2.43. The van der Waals surface area contributed by atoms with Crippen LogP contribution >= 0.6 is 11.6 Å². The maximum Gasteiger partial charge on any atom is 0.250 e. The Hall–Kier alpha value is -4.83. The first kappa shape index (κ1) is 31.6. The van der Waals surface area contributed by atoms with Gasteiger partial charge >= 0.3 is 0 Å². The number of halogens is 2. The SMILES string of the molecule is C[C@@H]1CCN([C@H](Cc2cccc3ccccc23)C(N)=O)C(=O)[C@H](c2ccc(F)c(Cl)c2)N1C(=O)CNC(=O)Cc1ccncc1. The normalized spacial score (nSPS) is 17.5. The van der Waals surface area contributed by atoms with E-state index in [-0.39, 0.29) is 42.4 Å². The van der Waals surface area contributed by atoms with Gasteiger partial charge in [-0.2, -0.15) is 0 Å². The number of aromatic nitrogens is 1. The van der Waals surface area contributed by atoms with Crippen LogP contribution in [0.1, 0.15) is 36.1 Å². The van der Waals surface area contributed by atoms with E-state index in [9.17, 15) is 23.6 Å². The number of benzene rings is 3. The number of nitrogens with zero attached hydrogens (tertiary/aromatic N) is 3. The topological polar surface area (TPSA) is 126 Å². The molecule has 0 aliphatic carbocycles. The van der Waals surface area contributed by atoms with Gasteiger partial charge in [0.1, 0.15) is 17.9 Å². The number of carbonyl (C=O) groups is 4. The molecule has 1 fully saturated rings. The molecule has 1 aliphatic rings. The van der Waals surface area contributed by atoms with Gasteiger partial charge in [0.05, 0.1) is 18.0 Å². The van der Waals surface area contributed by atoms with Gasteiger partial charge in [-0.05, 0) is 65.1 Å². The predicted octanol–water partition coefficient (Wildman–Crippen LogP) is 3.97. The first-order chi connectivity index (χ1) is 21.6. The van der Waals surface area contributed by atoms with Crippen LogP contribution in [0.5, 0.6) is 0 Å². The Morgan fingerprint density at radius 3 is 2.53 bits per heavy atom. The third kappa shape index (κ3) is 7.12. The third-order valence-electron chi connectivity index (χ3n) is 8.15. The molecule has 0 spiro atoms. The Balaban J connectivity index is 1.46. The number of primary amides is 1. The first-order valence-corrected chi connectivity index (χ1v) is 15.0. The largest absolute Gasteiger partial charge is 0.368 e. The maximum atomic E-state index is 14.5. The van der Waals surface area contributed by atoms with Gasteiger partial charge < -0.3 is 20.9 Å². The second kappa shape index (κ2) is 13.9. The quantitative estimate of drug-likeness (QED) is 0.290. The average Bonchev–Trinajstić information content (AvgIpc) is 3.16. The zero-order valence-electron chi connectivity index (χ0n) is 24.7. The lowest BCUT2D eigenvalue weighted by atomic mass is 9.96. The van der Waals surface area contributed by atoms with E-state index >= 15 is 0 Å². The van der Waals surface area contributed by atoms with E-state index in [1.807, 2.05) is 42.5 Å². The molecule has 11 heteroatoms. The second-order valence-electron chi connectivity index (χ2n) is 11.1. The summed E-state index contributed by atoms with van der Waals surface area (Å²) in [6.07, 6.45) is 3.67. The molecule has 3 N–H and O–H groups in total. The van der Waals surface area contributed by atoms with E-state index in [1.54, 1.807) is 31.5 Å². The average molecular weight is 630 g/mol. The Morgan fingerprint density at radius 1 is 1.07 bits per heavy atom. The highest BCUT2D eigenvalue weighted by atomic mass is 35.5. The molecule has 0 bridgehead atoms. The van der Waals surface area contributed by atoms with Gasteiger partial charge in [-0.3, -0.25) is 24.2 Å². The number of nitrogens with one attached hydrogen (secondary N) is 1. The van der Waals surface area contributed by atoms with Crippen molar-refractivity contribution in [1.82, 2.24) is 20.1 Å². The molecule has 2 heterocycles. The number of amides is 4. The van der Waals surface area contributed by atoms with Crippen LogP contribution in [-0.4, -0.2) is 63.6 Å². The van der Waals surface area contributed by atoms with Gasteiger partial charge in [-0.15, -0.1) is 0 Å². The zero-order valence-corrected chi connectivity index (χ0v) is 25.4. The minimum atomic E-state index is -1.25. The molecule has 4 amide bonds. The summed E-state index contributed by atoms with van der Waals surface area (Å²) in [5.41, 5.74) is 7.78. The Morgan fingerprint density at radius 2 is 1.80 bits per heavy atom. The minimum Gasteiger partial charge on any atom is -0.368 e. The van der Waals surface area contributed by atoms with E-state index in [0.29, 0.717) is 6.42 Å². The minimum absolute atomic E-state index is 0.0452. The molecule has 0 radical (unpaired) electrons. The highest BCUT2D eigenvalue weighted by Crippen LogP contribution is 2.33. The van der Waals surface area contributed by atoms with Crippen molar-refractivity contribution in [3.05, 3.63) is 113 Å². The third-order valence-corrected chi connectivity index (χ3v) is 8.44. The van der Waals surface area contributed by atoms with Gasteiger partial charge in [0.15, 0.2) is 0 Å². The molecular formula is C34H33ClFN5O4. The highest BCUT2D eigenvalue weighted by molar-refractivity contribution is 6.30. The van der Waals surface area contributed by atoms with Crippen molar-refractivity contribution < 1.29 is 23.6 Å². The van der Waals surface area contributed by atoms with E-state index in [1.165, 1.54) is 21.9 Å². The Labute approximate surface area is 265 Å². The molecule has 0 saturated carbocycles. The number of hydrogen-bond donors (Lipinski definition) is 2. The molecular weight excluding hydrogens is 597 g/mol. The van der Waals surface area contributed by atoms with Crippen LogP contribution in [0.3, 0.4) is 0 Å². The lowest BCUT2D eigenvalue weighted by molar-refractivity contribution is -0.148. The van der Waals surface area contributed by atoms with E-state index < -0.39 is 41.7 Å². The zero-order chi connectivity index (χ0) is 32.1. The van der Waals surface area contributed by atoms with Crippen molar-refractivity contribution in [2.75, 3.05) is 13.1 Å². The summed E-state index contributed by atoms with van der Waals surface area (Å²) < 4.78 is 14.2. The molecule has 45 heavy (non-hydrogen) atoms. The summed E-state index contributed by atoms with van der Waals surface area (Å²) >= 11 is 6.14. The number of rotatable bonds is 9. The summed E-state index contributed by atoms with van der Waals surface area (Å²) in [5.74, 6) is -2.82. The van der Waals surface area contributed by atoms with Crippen molar-refractivity contribution in [3.8, 4) is 0 Å². The van der Waals surface area contributed by atoms with Crippen molar-refractivity contribution >= 4 is 46.0 Å². The van der Waals surface area contributed by atoms with Crippen LogP contribution < -0.4 is 11.1 Å². The molecule has 0 unspecified atom stereocenters. The molecule has 9 nitrogen and oxygen atoms in total. The fourth-order valence-electron chi connectivity index (χ4n) is 5.85. The maximum absolute atomic E-state index is 14.5. The van der Waals surface area contributed by atoms with E-state index in [2.05, 4.69) is 10.3 Å². The van der Waals surface area contributed by atoms with Gasteiger partial charge in [-0.25, -0.2) is 4.39 Å². The predicted molar refractivity (Wildman–Crippen MR) is 168 cm³/mol. The van der Waals surface area contributed by atoms with Gasteiger partial charge in [-0.1, -0.05) is 60.1 Å². The van der Waals surface area contributed by atoms with E-state index in [0.717, 1.165) is 28.0 Å². The van der Waals surface area contributed by atoms with E-state index in [4.69, 9.17) is 17.3 Å². The van der Waals surface area contributed by atoms with Crippen LogP contribution in [0.15, 0.2) is 85.2 Å². The van der Waals surface area contributed by atoms with Crippen LogP contribution in [0.25, 0.3) is 10.8 Å². The van der Waals surface area contributed by atoms with Crippen LogP contribution in [0.2, 0.25) is 5.02 Å². The lowest BCUT2D eigenvalue weighted by Crippen LogP contribution is -2.53. The molecule has 1 aromatic heterocycles. The second-order valence-corrected chi connectivity index (χ2v) is 11.5. The summed E-state index contributed by atoms with van der Waals surface area (Å²) in [6, 6.07) is 17.9. The summed E-state index contributed by atoms with van der Waals surface area (Å²) in [7, 11) is 0. The summed E-state index contributed by atoms with van der Waals surface area (Å²) in [4.78, 5) is 60.6. The van der Waals surface area contributed by atoms with Gasteiger partial charge in [0.25, 0.3) is 5.91 Å². The fraction of sp³-hybridized carbons (Fsp3) is 0.265.